The molecule has 1 aliphatic carbocycles. The number of aliphatic hydroxyl groups excluding tert-OH is 1. The molecule has 6 nitrogen and oxygen atoms in total. The van der Waals surface area contributed by atoms with Gasteiger partial charge >= 0.3 is 6.03 Å². The van der Waals surface area contributed by atoms with Crippen molar-refractivity contribution in [3.05, 3.63) is 45.2 Å². The first-order chi connectivity index (χ1) is 13.0. The summed E-state index contributed by atoms with van der Waals surface area (Å²) < 4.78 is 0. The van der Waals surface area contributed by atoms with Crippen LogP contribution in [0.25, 0.3) is 10.9 Å². The Hall–Kier alpha value is -2.34. The van der Waals surface area contributed by atoms with Crippen LogP contribution in [-0.2, 0) is 6.54 Å². The van der Waals surface area contributed by atoms with E-state index in [4.69, 9.17) is 0 Å². The lowest BCUT2D eigenvalue weighted by molar-refractivity contribution is 0.168. The maximum atomic E-state index is 12.7. The molecule has 1 heterocycles. The third kappa shape index (κ3) is 4.50. The fourth-order valence-electron chi connectivity index (χ4n) is 3.78. The zero-order valence-electron chi connectivity index (χ0n) is 16.2. The van der Waals surface area contributed by atoms with Gasteiger partial charge in [0, 0.05) is 18.2 Å². The summed E-state index contributed by atoms with van der Waals surface area (Å²) in [4.78, 5) is 29.7. The number of nitrogens with one attached hydrogen (secondary N) is 2. The molecule has 1 saturated carbocycles. The normalized spacial score (nSPS) is 15.1. The summed E-state index contributed by atoms with van der Waals surface area (Å²) in [5.74, 6) is 0. The first kappa shape index (κ1) is 19.4. The first-order valence-corrected chi connectivity index (χ1v) is 9.78. The lowest BCUT2D eigenvalue weighted by Crippen LogP contribution is -2.46. The highest BCUT2D eigenvalue weighted by molar-refractivity contribution is 5.83. The van der Waals surface area contributed by atoms with E-state index in [0.29, 0.717) is 5.56 Å². The molecular formula is C21H29N3O3. The van der Waals surface area contributed by atoms with E-state index in [0.717, 1.165) is 47.7 Å². The van der Waals surface area contributed by atoms with Gasteiger partial charge in [-0.3, -0.25) is 4.79 Å². The van der Waals surface area contributed by atoms with Gasteiger partial charge in [-0.05, 0) is 49.3 Å². The van der Waals surface area contributed by atoms with Gasteiger partial charge in [-0.1, -0.05) is 31.4 Å². The number of nitrogens with zero attached hydrogens (tertiary/aromatic N) is 1. The zero-order chi connectivity index (χ0) is 19.4. The second-order valence-corrected chi connectivity index (χ2v) is 7.52. The van der Waals surface area contributed by atoms with E-state index in [1.165, 1.54) is 11.3 Å². The maximum Gasteiger partial charge on any atom is 0.317 e. The number of rotatable bonds is 5. The van der Waals surface area contributed by atoms with Crippen LogP contribution in [0.4, 0.5) is 4.79 Å². The Morgan fingerprint density at radius 1 is 1.26 bits per heavy atom. The van der Waals surface area contributed by atoms with Crippen LogP contribution >= 0.6 is 0 Å². The van der Waals surface area contributed by atoms with E-state index in [1.807, 2.05) is 32.0 Å². The van der Waals surface area contributed by atoms with Gasteiger partial charge in [-0.25, -0.2) is 4.79 Å². The van der Waals surface area contributed by atoms with Gasteiger partial charge in [-0.15, -0.1) is 0 Å². The molecule has 0 radical (unpaired) electrons. The summed E-state index contributed by atoms with van der Waals surface area (Å²) in [5, 5.41) is 13.4. The van der Waals surface area contributed by atoms with E-state index in [9.17, 15) is 14.7 Å². The van der Waals surface area contributed by atoms with Gasteiger partial charge in [0.15, 0.2) is 0 Å². The Kier molecular flexibility index (Phi) is 6.16. The number of urea groups is 1. The van der Waals surface area contributed by atoms with E-state index < -0.39 is 0 Å². The average Bonchev–Trinajstić information content (AvgIpc) is 2.66. The molecule has 1 aromatic heterocycles. The lowest BCUT2D eigenvalue weighted by Gasteiger charge is -2.28. The molecule has 0 saturated heterocycles. The molecule has 0 unspecified atom stereocenters. The van der Waals surface area contributed by atoms with Crippen molar-refractivity contribution < 1.29 is 9.90 Å². The van der Waals surface area contributed by atoms with Gasteiger partial charge in [0.05, 0.1) is 18.7 Å². The molecule has 2 aromatic rings. The van der Waals surface area contributed by atoms with Gasteiger partial charge in [0.2, 0.25) is 0 Å². The number of aromatic nitrogens is 1. The van der Waals surface area contributed by atoms with Gasteiger partial charge < -0.3 is 20.3 Å². The number of aromatic amines is 1. The minimum atomic E-state index is -0.212. The number of aryl methyl sites for hydroxylation is 2. The van der Waals surface area contributed by atoms with Crippen molar-refractivity contribution in [2.45, 2.75) is 58.5 Å². The summed E-state index contributed by atoms with van der Waals surface area (Å²) in [7, 11) is 0. The van der Waals surface area contributed by atoms with Crippen LogP contribution in [0.5, 0.6) is 0 Å². The maximum absolute atomic E-state index is 12.7. The summed E-state index contributed by atoms with van der Waals surface area (Å²) >= 11 is 0. The molecular weight excluding hydrogens is 342 g/mol. The number of pyridine rings is 1. The molecule has 3 rings (SSSR count). The number of H-pyrrole nitrogens is 1. The number of carbonyl (C=O) groups excluding carboxylic acids is 1. The highest BCUT2D eigenvalue weighted by Gasteiger charge is 2.21. The largest absolute Gasteiger partial charge is 0.395 e. The fraction of sp³-hybridized carbons (Fsp3) is 0.524. The first-order valence-electron chi connectivity index (χ1n) is 9.78. The Morgan fingerprint density at radius 2 is 2.00 bits per heavy atom. The quantitative estimate of drug-likeness (QED) is 0.755. The van der Waals surface area contributed by atoms with Crippen molar-refractivity contribution in [2.75, 3.05) is 13.2 Å². The van der Waals surface area contributed by atoms with Crippen LogP contribution in [0.2, 0.25) is 0 Å². The summed E-state index contributed by atoms with van der Waals surface area (Å²) in [6.45, 7) is 4.24. The van der Waals surface area contributed by atoms with E-state index in [2.05, 4.69) is 10.3 Å². The predicted molar refractivity (Wildman–Crippen MR) is 107 cm³/mol. The van der Waals surface area contributed by atoms with Crippen LogP contribution in [-0.4, -0.2) is 40.2 Å². The molecule has 2 amide bonds. The summed E-state index contributed by atoms with van der Waals surface area (Å²) in [6.07, 6.45) is 5.47. The smallest absolute Gasteiger partial charge is 0.317 e. The van der Waals surface area contributed by atoms with Crippen molar-refractivity contribution in [1.29, 1.82) is 0 Å². The summed E-state index contributed by atoms with van der Waals surface area (Å²) in [6, 6.07) is 5.83. The Morgan fingerprint density at radius 3 is 2.70 bits per heavy atom. The van der Waals surface area contributed by atoms with E-state index in [1.54, 1.807) is 0 Å². The SMILES string of the molecule is Cc1ccc2cc(CN(CCO)C(=O)NC3CCCCC3)c(=O)[nH]c2c1C. The molecule has 1 fully saturated rings. The number of fused-ring (bicyclic) bond motifs is 1. The highest BCUT2D eigenvalue weighted by Crippen LogP contribution is 2.20. The molecule has 3 N–H and O–H groups in total. The van der Waals surface area contributed by atoms with E-state index in [-0.39, 0.29) is 37.3 Å². The molecule has 6 heteroatoms. The summed E-state index contributed by atoms with van der Waals surface area (Å²) in [5.41, 5.74) is 3.35. The van der Waals surface area contributed by atoms with Crippen LogP contribution in [0.15, 0.2) is 23.0 Å². The third-order valence-electron chi connectivity index (χ3n) is 5.58. The second-order valence-electron chi connectivity index (χ2n) is 7.52. The monoisotopic (exact) mass is 371 g/mol. The molecule has 0 atom stereocenters. The lowest BCUT2D eigenvalue weighted by atomic mass is 9.96. The van der Waals surface area contributed by atoms with Gasteiger partial charge in [-0.2, -0.15) is 0 Å². The zero-order valence-corrected chi connectivity index (χ0v) is 16.2. The topological polar surface area (TPSA) is 85.4 Å². The third-order valence-corrected chi connectivity index (χ3v) is 5.58. The number of amides is 2. The van der Waals surface area contributed by atoms with Crippen LogP contribution < -0.4 is 10.9 Å². The molecule has 0 bridgehead atoms. The predicted octanol–water partition coefficient (Wildman–Crippen LogP) is 2.98. The molecule has 146 valence electrons. The van der Waals surface area contributed by atoms with Crippen LogP contribution in [0.3, 0.4) is 0 Å². The van der Waals surface area contributed by atoms with Crippen LogP contribution in [0, 0.1) is 13.8 Å². The Balaban J connectivity index is 1.81. The minimum absolute atomic E-state index is 0.137. The molecule has 1 aromatic carbocycles. The van der Waals surface area contributed by atoms with Crippen molar-refractivity contribution in [3.8, 4) is 0 Å². The number of benzene rings is 1. The molecule has 1 aliphatic rings. The van der Waals surface area contributed by atoms with Gasteiger partial charge in [0.1, 0.15) is 0 Å². The molecule has 0 aliphatic heterocycles. The molecule has 0 spiro atoms. The molecule has 27 heavy (non-hydrogen) atoms. The minimum Gasteiger partial charge on any atom is -0.395 e. The van der Waals surface area contributed by atoms with Crippen molar-refractivity contribution >= 4 is 16.9 Å². The van der Waals surface area contributed by atoms with Crippen molar-refractivity contribution in [1.82, 2.24) is 15.2 Å². The number of carbonyl (C=O) groups is 1. The van der Waals surface area contributed by atoms with Crippen LogP contribution in [0.1, 0.15) is 48.8 Å². The average molecular weight is 371 g/mol. The highest BCUT2D eigenvalue weighted by atomic mass is 16.3. The Labute approximate surface area is 159 Å². The second kappa shape index (κ2) is 8.57. The van der Waals surface area contributed by atoms with Gasteiger partial charge in [0.25, 0.3) is 5.56 Å². The van der Waals surface area contributed by atoms with Crippen molar-refractivity contribution in [3.63, 3.8) is 0 Å². The standard InChI is InChI=1S/C21H29N3O3/c1-14-8-9-16-12-17(20(26)23-19(16)15(14)2)13-24(10-11-25)21(27)22-18-6-4-3-5-7-18/h8-9,12,18,25H,3-7,10-11,13H2,1-2H3,(H,22,27)(H,23,26). The number of hydrogen-bond donors (Lipinski definition) is 3. The van der Waals surface area contributed by atoms with E-state index >= 15 is 0 Å². The number of aliphatic hydroxyl groups is 1. The van der Waals surface area contributed by atoms with Crippen molar-refractivity contribution in [2.24, 2.45) is 0 Å². The fourth-order valence-corrected chi connectivity index (χ4v) is 3.78. The Bertz CT molecular complexity index is 869. The number of hydrogen-bond acceptors (Lipinski definition) is 3.